The van der Waals surface area contributed by atoms with Crippen molar-refractivity contribution < 1.29 is 9.53 Å². The average molecular weight is 244 g/mol. The molecular formula is C9H19Cl2NO2. The van der Waals surface area contributed by atoms with Crippen molar-refractivity contribution in [2.24, 2.45) is 0 Å². The number of carbonyl (C=O) groups is 1. The number of rotatable bonds is 1. The van der Waals surface area contributed by atoms with Gasteiger partial charge in [-0.1, -0.05) is 0 Å². The molecule has 1 rings (SSSR count). The first-order valence-electron chi connectivity index (χ1n) is 4.65. The van der Waals surface area contributed by atoms with Crippen molar-refractivity contribution >= 4 is 30.9 Å². The normalized spacial score (nSPS) is 15.5. The molecule has 0 aromatic rings. The standard InChI is InChI=1S/C9H17NO2.2ClH/c1-8(2)12-9(11)10-6-4-3-5-7-10;;/h8H,3-7H2,1-2H3;2*1H. The molecule has 0 aromatic carbocycles. The molecule has 0 spiro atoms. The highest BCUT2D eigenvalue weighted by Crippen LogP contribution is 2.10. The van der Waals surface area contributed by atoms with E-state index in [9.17, 15) is 4.79 Å². The van der Waals surface area contributed by atoms with Gasteiger partial charge in [-0.05, 0) is 33.1 Å². The maximum absolute atomic E-state index is 11.3. The molecule has 1 heterocycles. The second kappa shape index (κ2) is 8.18. The molecule has 1 aliphatic rings. The summed E-state index contributed by atoms with van der Waals surface area (Å²) in [5, 5.41) is 0. The second-order valence-electron chi connectivity index (χ2n) is 3.48. The van der Waals surface area contributed by atoms with Gasteiger partial charge in [-0.15, -0.1) is 24.8 Å². The molecule has 1 fully saturated rings. The van der Waals surface area contributed by atoms with Gasteiger partial charge in [0.15, 0.2) is 0 Å². The number of hydrogen-bond donors (Lipinski definition) is 0. The van der Waals surface area contributed by atoms with E-state index in [4.69, 9.17) is 4.74 Å². The monoisotopic (exact) mass is 243 g/mol. The van der Waals surface area contributed by atoms with Gasteiger partial charge in [0.05, 0.1) is 6.10 Å². The predicted octanol–water partition coefficient (Wildman–Crippen LogP) is 2.86. The van der Waals surface area contributed by atoms with Crippen LogP contribution >= 0.6 is 24.8 Å². The van der Waals surface area contributed by atoms with Crippen LogP contribution in [-0.2, 0) is 4.74 Å². The van der Waals surface area contributed by atoms with Crippen LogP contribution in [0, 0.1) is 0 Å². The quantitative estimate of drug-likeness (QED) is 0.709. The fraction of sp³-hybridized carbons (Fsp3) is 0.889. The summed E-state index contributed by atoms with van der Waals surface area (Å²) in [4.78, 5) is 13.1. The van der Waals surface area contributed by atoms with Crippen molar-refractivity contribution in [3.63, 3.8) is 0 Å². The van der Waals surface area contributed by atoms with Crippen molar-refractivity contribution in [1.82, 2.24) is 4.90 Å². The third-order valence-corrected chi connectivity index (χ3v) is 1.95. The number of amides is 1. The summed E-state index contributed by atoms with van der Waals surface area (Å²) in [5.41, 5.74) is 0. The van der Waals surface area contributed by atoms with Crippen LogP contribution in [0.15, 0.2) is 0 Å². The second-order valence-corrected chi connectivity index (χ2v) is 3.48. The van der Waals surface area contributed by atoms with Gasteiger partial charge in [0, 0.05) is 13.1 Å². The Morgan fingerprint density at radius 3 is 2.07 bits per heavy atom. The SMILES string of the molecule is CC(C)OC(=O)N1CCCCC1.Cl.Cl. The van der Waals surface area contributed by atoms with Gasteiger partial charge >= 0.3 is 6.09 Å². The van der Waals surface area contributed by atoms with E-state index < -0.39 is 0 Å². The fourth-order valence-electron chi connectivity index (χ4n) is 1.35. The van der Waals surface area contributed by atoms with Gasteiger partial charge in [0.1, 0.15) is 0 Å². The molecule has 0 radical (unpaired) electrons. The highest BCUT2D eigenvalue weighted by Gasteiger charge is 2.17. The minimum absolute atomic E-state index is 0. The van der Waals surface area contributed by atoms with E-state index >= 15 is 0 Å². The van der Waals surface area contributed by atoms with Crippen molar-refractivity contribution in [2.75, 3.05) is 13.1 Å². The highest BCUT2D eigenvalue weighted by atomic mass is 35.5. The summed E-state index contributed by atoms with van der Waals surface area (Å²) >= 11 is 0. The minimum atomic E-state index is -0.148. The molecule has 1 amide bonds. The summed E-state index contributed by atoms with van der Waals surface area (Å²) in [6, 6.07) is 0. The molecule has 3 nitrogen and oxygen atoms in total. The van der Waals surface area contributed by atoms with Crippen LogP contribution in [0.2, 0.25) is 0 Å². The first-order valence-corrected chi connectivity index (χ1v) is 4.65. The molecule has 14 heavy (non-hydrogen) atoms. The number of nitrogens with zero attached hydrogens (tertiary/aromatic N) is 1. The predicted molar refractivity (Wildman–Crippen MR) is 61.5 cm³/mol. The number of ether oxygens (including phenoxy) is 1. The van der Waals surface area contributed by atoms with Gasteiger partial charge in [-0.2, -0.15) is 0 Å². The van der Waals surface area contributed by atoms with Crippen molar-refractivity contribution in [2.45, 2.75) is 39.2 Å². The smallest absolute Gasteiger partial charge is 0.410 e. The zero-order chi connectivity index (χ0) is 8.97. The Balaban J connectivity index is 0. The van der Waals surface area contributed by atoms with E-state index in [-0.39, 0.29) is 37.0 Å². The average Bonchev–Trinajstić information content (AvgIpc) is 2.05. The molecule has 0 saturated carbocycles. The van der Waals surface area contributed by atoms with Crippen molar-refractivity contribution in [3.8, 4) is 0 Å². The molecule has 0 aliphatic carbocycles. The molecule has 0 unspecified atom stereocenters. The van der Waals surface area contributed by atoms with Gasteiger partial charge < -0.3 is 9.64 Å². The molecule has 86 valence electrons. The lowest BCUT2D eigenvalue weighted by Crippen LogP contribution is -2.37. The Hall–Kier alpha value is -0.150. The zero-order valence-corrected chi connectivity index (χ0v) is 10.3. The number of halogens is 2. The summed E-state index contributed by atoms with van der Waals surface area (Å²) in [5.74, 6) is 0. The highest BCUT2D eigenvalue weighted by molar-refractivity contribution is 5.85. The first-order chi connectivity index (χ1) is 5.70. The summed E-state index contributed by atoms with van der Waals surface area (Å²) in [6.45, 7) is 5.49. The van der Waals surface area contributed by atoms with Crippen LogP contribution in [0.3, 0.4) is 0 Å². The molecule has 1 saturated heterocycles. The fourth-order valence-corrected chi connectivity index (χ4v) is 1.35. The van der Waals surface area contributed by atoms with E-state index in [2.05, 4.69) is 0 Å². The molecule has 5 heteroatoms. The van der Waals surface area contributed by atoms with Gasteiger partial charge in [0.2, 0.25) is 0 Å². The number of hydrogen-bond acceptors (Lipinski definition) is 2. The number of likely N-dealkylation sites (tertiary alicyclic amines) is 1. The Labute approximate surface area is 98.0 Å². The molecule has 0 N–H and O–H groups in total. The zero-order valence-electron chi connectivity index (χ0n) is 8.69. The third-order valence-electron chi connectivity index (χ3n) is 1.95. The number of carbonyl (C=O) groups excluding carboxylic acids is 1. The first kappa shape index (κ1) is 16.3. The molecule has 0 bridgehead atoms. The Bertz CT molecular complexity index is 159. The maximum Gasteiger partial charge on any atom is 0.410 e. The van der Waals surface area contributed by atoms with Gasteiger partial charge in [0.25, 0.3) is 0 Å². The Morgan fingerprint density at radius 1 is 1.14 bits per heavy atom. The van der Waals surface area contributed by atoms with E-state index in [1.54, 1.807) is 4.90 Å². The van der Waals surface area contributed by atoms with Crippen molar-refractivity contribution in [3.05, 3.63) is 0 Å². The lowest BCUT2D eigenvalue weighted by molar-refractivity contribution is 0.0711. The van der Waals surface area contributed by atoms with Crippen LogP contribution in [0.1, 0.15) is 33.1 Å². The third kappa shape index (κ3) is 5.55. The topological polar surface area (TPSA) is 29.5 Å². The van der Waals surface area contributed by atoms with Crippen LogP contribution in [-0.4, -0.2) is 30.2 Å². The molecule has 0 atom stereocenters. The molecule has 0 aromatic heterocycles. The van der Waals surface area contributed by atoms with Crippen LogP contribution < -0.4 is 0 Å². The summed E-state index contributed by atoms with van der Waals surface area (Å²) < 4.78 is 5.08. The lowest BCUT2D eigenvalue weighted by atomic mass is 10.1. The minimum Gasteiger partial charge on any atom is -0.447 e. The Morgan fingerprint density at radius 2 is 1.64 bits per heavy atom. The maximum atomic E-state index is 11.3. The Kier molecular flexibility index (Phi) is 9.52. The van der Waals surface area contributed by atoms with E-state index in [0.29, 0.717) is 0 Å². The van der Waals surface area contributed by atoms with Gasteiger partial charge in [-0.3, -0.25) is 0 Å². The van der Waals surface area contributed by atoms with E-state index in [1.165, 1.54) is 6.42 Å². The summed E-state index contributed by atoms with van der Waals surface area (Å²) in [7, 11) is 0. The largest absolute Gasteiger partial charge is 0.447 e. The van der Waals surface area contributed by atoms with Crippen LogP contribution in [0.25, 0.3) is 0 Å². The van der Waals surface area contributed by atoms with E-state index in [0.717, 1.165) is 25.9 Å². The summed E-state index contributed by atoms with van der Waals surface area (Å²) in [6.07, 6.45) is 3.33. The number of piperidine rings is 1. The van der Waals surface area contributed by atoms with E-state index in [1.807, 2.05) is 13.8 Å². The van der Waals surface area contributed by atoms with Crippen LogP contribution in [0.4, 0.5) is 4.79 Å². The molecule has 1 aliphatic heterocycles. The molecular weight excluding hydrogens is 225 g/mol. The van der Waals surface area contributed by atoms with Crippen LogP contribution in [0.5, 0.6) is 0 Å². The van der Waals surface area contributed by atoms with Gasteiger partial charge in [-0.25, -0.2) is 4.79 Å². The lowest BCUT2D eigenvalue weighted by Gasteiger charge is -2.26. The van der Waals surface area contributed by atoms with Crippen molar-refractivity contribution in [1.29, 1.82) is 0 Å².